The Bertz CT molecular complexity index is 897. The first-order valence-corrected chi connectivity index (χ1v) is 9.75. The van der Waals surface area contributed by atoms with E-state index in [1.165, 1.54) is 31.3 Å². The molecule has 6 nitrogen and oxygen atoms in total. The van der Waals surface area contributed by atoms with Crippen molar-refractivity contribution in [2.45, 2.75) is 25.8 Å². The van der Waals surface area contributed by atoms with Gasteiger partial charge in [-0.2, -0.15) is 5.10 Å². The van der Waals surface area contributed by atoms with Crippen LogP contribution in [0.1, 0.15) is 35.2 Å². The van der Waals surface area contributed by atoms with E-state index in [-0.39, 0.29) is 5.91 Å². The summed E-state index contributed by atoms with van der Waals surface area (Å²) in [4.78, 5) is 20.9. The fourth-order valence-corrected chi connectivity index (χ4v) is 3.63. The van der Waals surface area contributed by atoms with Gasteiger partial charge in [0.15, 0.2) is 0 Å². The van der Waals surface area contributed by atoms with Gasteiger partial charge in [-0.3, -0.25) is 4.79 Å². The number of amides is 1. The van der Waals surface area contributed by atoms with Crippen LogP contribution in [-0.4, -0.2) is 45.7 Å². The zero-order chi connectivity index (χ0) is 19.3. The van der Waals surface area contributed by atoms with Crippen LogP contribution in [0.2, 0.25) is 0 Å². The van der Waals surface area contributed by atoms with Crippen molar-refractivity contribution in [3.05, 3.63) is 72.3 Å². The molecule has 0 atom stereocenters. The second kappa shape index (κ2) is 8.25. The Kier molecular flexibility index (Phi) is 5.37. The molecule has 1 fully saturated rings. The van der Waals surface area contributed by atoms with Gasteiger partial charge in [0, 0.05) is 37.9 Å². The summed E-state index contributed by atoms with van der Waals surface area (Å²) in [5.74, 6) is 0.00486. The molecule has 0 N–H and O–H groups in total. The molecule has 0 radical (unpaired) electrons. The first kappa shape index (κ1) is 18.2. The van der Waals surface area contributed by atoms with Crippen molar-refractivity contribution in [3.8, 4) is 5.69 Å². The van der Waals surface area contributed by atoms with Crippen molar-refractivity contribution >= 4 is 11.6 Å². The van der Waals surface area contributed by atoms with Crippen LogP contribution in [0.4, 0.5) is 5.69 Å². The van der Waals surface area contributed by atoms with E-state index in [0.29, 0.717) is 12.1 Å². The smallest absolute Gasteiger partial charge is 0.253 e. The number of carbonyl (C=O) groups excluding carboxylic acids is 1. The summed E-state index contributed by atoms with van der Waals surface area (Å²) in [5.41, 5.74) is 3.96. The summed E-state index contributed by atoms with van der Waals surface area (Å²) in [5, 5.41) is 4.10. The van der Waals surface area contributed by atoms with Crippen LogP contribution in [0.5, 0.6) is 0 Å². The van der Waals surface area contributed by atoms with Crippen LogP contribution in [0.3, 0.4) is 0 Å². The van der Waals surface area contributed by atoms with Crippen LogP contribution in [-0.2, 0) is 6.54 Å². The van der Waals surface area contributed by atoms with Gasteiger partial charge in [-0.15, -0.1) is 0 Å². The van der Waals surface area contributed by atoms with Crippen LogP contribution < -0.4 is 4.90 Å². The minimum Gasteiger partial charge on any atom is -0.372 e. The number of aromatic nitrogens is 3. The molecule has 1 saturated heterocycles. The van der Waals surface area contributed by atoms with E-state index in [4.69, 9.17) is 0 Å². The highest BCUT2D eigenvalue weighted by Crippen LogP contribution is 2.21. The zero-order valence-corrected chi connectivity index (χ0v) is 16.2. The van der Waals surface area contributed by atoms with Gasteiger partial charge in [0.1, 0.15) is 12.7 Å². The third-order valence-corrected chi connectivity index (χ3v) is 5.22. The maximum atomic E-state index is 12.7. The van der Waals surface area contributed by atoms with Crippen LogP contribution >= 0.6 is 0 Å². The van der Waals surface area contributed by atoms with Gasteiger partial charge in [0.25, 0.3) is 5.91 Å². The average molecular weight is 375 g/mol. The van der Waals surface area contributed by atoms with E-state index in [0.717, 1.165) is 24.3 Å². The molecule has 0 bridgehead atoms. The number of hydrogen-bond acceptors (Lipinski definition) is 4. The lowest BCUT2D eigenvalue weighted by atomic mass is 10.1. The van der Waals surface area contributed by atoms with E-state index in [1.807, 2.05) is 31.3 Å². The van der Waals surface area contributed by atoms with Crippen molar-refractivity contribution in [1.29, 1.82) is 0 Å². The lowest BCUT2D eigenvalue weighted by Gasteiger charge is -2.29. The fraction of sp³-hybridized carbons (Fsp3) is 0.318. The van der Waals surface area contributed by atoms with E-state index < -0.39 is 0 Å². The molecular formula is C22H25N5O. The van der Waals surface area contributed by atoms with Crippen LogP contribution in [0, 0.1) is 0 Å². The summed E-state index contributed by atoms with van der Waals surface area (Å²) >= 11 is 0. The number of anilines is 1. The van der Waals surface area contributed by atoms with E-state index in [1.54, 1.807) is 15.9 Å². The van der Waals surface area contributed by atoms with E-state index in [2.05, 4.69) is 39.2 Å². The Morgan fingerprint density at radius 3 is 2.29 bits per heavy atom. The second-order valence-corrected chi connectivity index (χ2v) is 7.26. The highest BCUT2D eigenvalue weighted by atomic mass is 16.2. The Morgan fingerprint density at radius 1 is 0.964 bits per heavy atom. The lowest BCUT2D eigenvalue weighted by molar-refractivity contribution is 0.0785. The van der Waals surface area contributed by atoms with E-state index in [9.17, 15) is 4.79 Å². The molecule has 0 aliphatic carbocycles. The zero-order valence-electron chi connectivity index (χ0n) is 16.2. The minimum absolute atomic E-state index is 0.00486. The number of piperidine rings is 1. The average Bonchev–Trinajstić information content (AvgIpc) is 3.29. The van der Waals surface area contributed by atoms with Gasteiger partial charge in [-0.25, -0.2) is 9.67 Å². The Morgan fingerprint density at radius 2 is 1.64 bits per heavy atom. The van der Waals surface area contributed by atoms with Gasteiger partial charge in [0.05, 0.1) is 5.69 Å². The molecule has 6 heteroatoms. The molecular weight excluding hydrogens is 350 g/mol. The van der Waals surface area contributed by atoms with Crippen molar-refractivity contribution in [1.82, 2.24) is 19.7 Å². The number of benzene rings is 2. The quantitative estimate of drug-likeness (QED) is 0.685. The Labute approximate surface area is 165 Å². The van der Waals surface area contributed by atoms with Gasteiger partial charge in [0.2, 0.25) is 0 Å². The normalized spacial score (nSPS) is 14.1. The first-order valence-electron chi connectivity index (χ1n) is 9.75. The van der Waals surface area contributed by atoms with Gasteiger partial charge < -0.3 is 9.80 Å². The fourth-order valence-electron chi connectivity index (χ4n) is 3.63. The standard InChI is InChI=1S/C22H25N5O/c1-25(15-18-5-9-20(10-6-18)26-13-3-2-4-14-26)22(28)19-7-11-21(12-8-19)27-17-23-16-24-27/h5-12,16-17H,2-4,13-15H2,1H3. The SMILES string of the molecule is CN(Cc1ccc(N2CCCCC2)cc1)C(=O)c1ccc(-n2cncn2)cc1. The van der Waals surface area contributed by atoms with Crippen molar-refractivity contribution in [3.63, 3.8) is 0 Å². The molecule has 28 heavy (non-hydrogen) atoms. The summed E-state index contributed by atoms with van der Waals surface area (Å²) in [7, 11) is 1.84. The molecule has 1 aromatic heterocycles. The molecule has 2 aromatic carbocycles. The molecule has 1 amide bonds. The summed E-state index contributed by atoms with van der Waals surface area (Å²) in [6.07, 6.45) is 7.00. The van der Waals surface area contributed by atoms with Crippen molar-refractivity contribution in [2.24, 2.45) is 0 Å². The summed E-state index contributed by atoms with van der Waals surface area (Å²) in [6, 6.07) is 16.0. The minimum atomic E-state index is 0.00486. The molecule has 3 aromatic rings. The van der Waals surface area contributed by atoms with Gasteiger partial charge >= 0.3 is 0 Å². The highest BCUT2D eigenvalue weighted by molar-refractivity contribution is 5.94. The van der Waals surface area contributed by atoms with Crippen molar-refractivity contribution in [2.75, 3.05) is 25.0 Å². The van der Waals surface area contributed by atoms with E-state index >= 15 is 0 Å². The third kappa shape index (κ3) is 4.06. The van der Waals surface area contributed by atoms with Gasteiger partial charge in [-0.05, 0) is 61.2 Å². The topological polar surface area (TPSA) is 54.3 Å². The van der Waals surface area contributed by atoms with Gasteiger partial charge in [-0.1, -0.05) is 12.1 Å². The third-order valence-electron chi connectivity index (χ3n) is 5.22. The number of nitrogens with zero attached hydrogens (tertiary/aromatic N) is 5. The molecule has 0 spiro atoms. The molecule has 2 heterocycles. The maximum absolute atomic E-state index is 12.7. The first-order chi connectivity index (χ1) is 13.7. The monoisotopic (exact) mass is 375 g/mol. The lowest BCUT2D eigenvalue weighted by Crippen LogP contribution is -2.29. The largest absolute Gasteiger partial charge is 0.372 e. The van der Waals surface area contributed by atoms with Crippen LogP contribution in [0.25, 0.3) is 5.69 Å². The highest BCUT2D eigenvalue weighted by Gasteiger charge is 2.14. The Hall–Kier alpha value is -3.15. The predicted molar refractivity (Wildman–Crippen MR) is 110 cm³/mol. The molecule has 4 rings (SSSR count). The predicted octanol–water partition coefficient (Wildman–Crippen LogP) is 3.53. The number of carbonyl (C=O) groups is 1. The van der Waals surface area contributed by atoms with Crippen LogP contribution in [0.15, 0.2) is 61.2 Å². The second-order valence-electron chi connectivity index (χ2n) is 7.26. The summed E-state index contributed by atoms with van der Waals surface area (Å²) < 4.78 is 1.67. The Balaban J connectivity index is 1.38. The van der Waals surface area contributed by atoms with Crippen molar-refractivity contribution < 1.29 is 4.79 Å². The maximum Gasteiger partial charge on any atom is 0.253 e. The molecule has 1 aliphatic heterocycles. The molecule has 0 unspecified atom stereocenters. The summed E-state index contributed by atoms with van der Waals surface area (Å²) in [6.45, 7) is 2.87. The number of hydrogen-bond donors (Lipinski definition) is 0. The molecule has 1 aliphatic rings. The molecule has 0 saturated carbocycles. The molecule has 144 valence electrons. The number of rotatable bonds is 5.